The van der Waals surface area contributed by atoms with Crippen molar-refractivity contribution in [2.75, 3.05) is 7.11 Å². The van der Waals surface area contributed by atoms with Crippen molar-refractivity contribution in [3.05, 3.63) is 71.8 Å². The van der Waals surface area contributed by atoms with Crippen molar-refractivity contribution in [2.24, 2.45) is 0 Å². The van der Waals surface area contributed by atoms with Crippen LogP contribution in [0.15, 0.2) is 60.7 Å². The summed E-state index contributed by atoms with van der Waals surface area (Å²) in [5.74, 6) is 0.857. The lowest BCUT2D eigenvalue weighted by atomic mass is 9.77. The maximum atomic E-state index is 9.91. The topological polar surface area (TPSA) is 66.1 Å². The van der Waals surface area contributed by atoms with Crippen molar-refractivity contribution in [2.45, 2.75) is 10.2 Å². The van der Waals surface area contributed by atoms with E-state index in [1.807, 2.05) is 60.7 Å². The standard InChI is InChI=1S/C21H15BrN2O2/c1-25-15-9-6-14(7-10-15)19-18-16-5-3-2-4-13(16)8-11-17(18)26-20(24)21(19,22)12-23/h2-11,19,24H,1H3. The maximum absolute atomic E-state index is 9.91. The summed E-state index contributed by atoms with van der Waals surface area (Å²) in [5, 5.41) is 20.3. The number of nitriles is 1. The van der Waals surface area contributed by atoms with Gasteiger partial charge in [-0.2, -0.15) is 5.26 Å². The molecule has 1 aliphatic heterocycles. The number of fused-ring (bicyclic) bond motifs is 3. The number of benzene rings is 3. The summed E-state index contributed by atoms with van der Waals surface area (Å²) in [5.41, 5.74) is 1.82. The minimum atomic E-state index is -1.28. The normalized spacial score (nSPS) is 21.6. The number of ether oxygens (including phenoxy) is 2. The molecule has 0 aliphatic carbocycles. The zero-order chi connectivity index (χ0) is 18.3. The fraction of sp³-hybridized carbons (Fsp3) is 0.143. The van der Waals surface area contributed by atoms with Crippen molar-refractivity contribution in [3.8, 4) is 17.6 Å². The Balaban J connectivity index is 2.04. The molecule has 1 aliphatic rings. The van der Waals surface area contributed by atoms with E-state index in [1.165, 1.54) is 0 Å². The molecule has 0 saturated heterocycles. The first kappa shape index (κ1) is 16.6. The molecule has 0 fully saturated rings. The highest BCUT2D eigenvalue weighted by Gasteiger charge is 2.50. The van der Waals surface area contributed by atoms with Crippen molar-refractivity contribution in [1.82, 2.24) is 0 Å². The molecule has 0 bridgehead atoms. The van der Waals surface area contributed by atoms with Crippen LogP contribution in [0.1, 0.15) is 17.0 Å². The van der Waals surface area contributed by atoms with E-state index in [2.05, 4.69) is 22.0 Å². The summed E-state index contributed by atoms with van der Waals surface area (Å²) in [6.07, 6.45) is 0. The molecule has 4 rings (SSSR count). The van der Waals surface area contributed by atoms with Crippen molar-refractivity contribution in [3.63, 3.8) is 0 Å². The van der Waals surface area contributed by atoms with Gasteiger partial charge in [0.2, 0.25) is 5.90 Å². The van der Waals surface area contributed by atoms with Gasteiger partial charge in [0, 0.05) is 5.56 Å². The Labute approximate surface area is 159 Å². The molecule has 0 aromatic heterocycles. The summed E-state index contributed by atoms with van der Waals surface area (Å²) in [6, 6.07) is 21.7. The number of nitrogens with zero attached hydrogens (tertiary/aromatic N) is 1. The van der Waals surface area contributed by atoms with Gasteiger partial charge in [-0.3, -0.25) is 5.41 Å². The van der Waals surface area contributed by atoms with Crippen LogP contribution in [0.2, 0.25) is 0 Å². The molecule has 26 heavy (non-hydrogen) atoms. The van der Waals surface area contributed by atoms with Crippen LogP contribution in [-0.4, -0.2) is 17.3 Å². The zero-order valence-corrected chi connectivity index (χ0v) is 15.6. The molecular formula is C21H15BrN2O2. The van der Waals surface area contributed by atoms with Gasteiger partial charge >= 0.3 is 0 Å². The largest absolute Gasteiger partial charge is 0.497 e. The van der Waals surface area contributed by atoms with Crippen LogP contribution in [0.3, 0.4) is 0 Å². The van der Waals surface area contributed by atoms with Crippen LogP contribution in [0.25, 0.3) is 10.8 Å². The Morgan fingerprint density at radius 1 is 1.12 bits per heavy atom. The minimum Gasteiger partial charge on any atom is -0.497 e. The first-order chi connectivity index (χ1) is 12.6. The molecule has 0 saturated carbocycles. The van der Waals surface area contributed by atoms with Crippen molar-refractivity contribution < 1.29 is 9.47 Å². The SMILES string of the molecule is COc1ccc(C2c3c(ccc4ccccc34)OC(=N)C2(Br)C#N)cc1. The second-order valence-corrected chi connectivity index (χ2v) is 7.41. The average Bonchev–Trinajstić information content (AvgIpc) is 2.69. The molecule has 0 radical (unpaired) electrons. The number of rotatable bonds is 2. The first-order valence-corrected chi connectivity index (χ1v) is 8.90. The van der Waals surface area contributed by atoms with Gasteiger partial charge < -0.3 is 9.47 Å². The quantitative estimate of drug-likeness (QED) is 0.608. The highest BCUT2D eigenvalue weighted by molar-refractivity contribution is 9.10. The Morgan fingerprint density at radius 2 is 1.85 bits per heavy atom. The molecule has 0 amide bonds. The lowest BCUT2D eigenvalue weighted by Gasteiger charge is -2.37. The number of methoxy groups -OCH3 is 1. The summed E-state index contributed by atoms with van der Waals surface area (Å²) in [7, 11) is 1.62. The molecule has 0 spiro atoms. The fourth-order valence-electron chi connectivity index (χ4n) is 3.48. The van der Waals surface area contributed by atoms with Crippen LogP contribution < -0.4 is 9.47 Å². The van der Waals surface area contributed by atoms with Crippen LogP contribution in [-0.2, 0) is 0 Å². The van der Waals surface area contributed by atoms with E-state index in [0.717, 1.165) is 27.6 Å². The van der Waals surface area contributed by atoms with Crippen molar-refractivity contribution in [1.29, 1.82) is 10.7 Å². The van der Waals surface area contributed by atoms with E-state index in [4.69, 9.17) is 14.9 Å². The monoisotopic (exact) mass is 406 g/mol. The lowest BCUT2D eigenvalue weighted by molar-refractivity contribution is 0.414. The minimum absolute atomic E-state index is 0.108. The molecule has 2 unspecified atom stereocenters. The summed E-state index contributed by atoms with van der Waals surface area (Å²) < 4.78 is 9.71. The number of hydrogen-bond donors (Lipinski definition) is 1. The maximum Gasteiger partial charge on any atom is 0.219 e. The van der Waals surface area contributed by atoms with E-state index in [9.17, 15) is 5.26 Å². The Hall–Kier alpha value is -2.84. The van der Waals surface area contributed by atoms with Gasteiger partial charge in [0.1, 0.15) is 11.5 Å². The second-order valence-electron chi connectivity index (χ2n) is 6.16. The molecule has 1 N–H and O–H groups in total. The van der Waals surface area contributed by atoms with Crippen LogP contribution in [0, 0.1) is 16.7 Å². The summed E-state index contributed by atoms with van der Waals surface area (Å²) in [4.78, 5) is 0. The van der Waals surface area contributed by atoms with Gasteiger partial charge in [-0.25, -0.2) is 0 Å². The van der Waals surface area contributed by atoms with Gasteiger partial charge in [-0.1, -0.05) is 58.4 Å². The third-order valence-corrected chi connectivity index (χ3v) is 5.77. The Kier molecular flexibility index (Phi) is 3.93. The van der Waals surface area contributed by atoms with E-state index in [1.54, 1.807) is 7.11 Å². The molecule has 5 heteroatoms. The number of hydrogen-bond acceptors (Lipinski definition) is 4. The number of halogens is 1. The average molecular weight is 407 g/mol. The highest BCUT2D eigenvalue weighted by Crippen LogP contribution is 2.51. The van der Waals surface area contributed by atoms with E-state index in [0.29, 0.717) is 5.75 Å². The van der Waals surface area contributed by atoms with Gasteiger partial charge in [-0.15, -0.1) is 0 Å². The number of nitrogens with one attached hydrogen (secondary N) is 1. The van der Waals surface area contributed by atoms with Crippen LogP contribution >= 0.6 is 15.9 Å². The van der Waals surface area contributed by atoms with Crippen LogP contribution in [0.5, 0.6) is 11.5 Å². The second kappa shape index (κ2) is 6.15. The molecule has 1 heterocycles. The van der Waals surface area contributed by atoms with Gasteiger partial charge in [0.25, 0.3) is 0 Å². The molecule has 4 nitrogen and oxygen atoms in total. The smallest absolute Gasteiger partial charge is 0.219 e. The third-order valence-electron chi connectivity index (χ3n) is 4.77. The molecule has 3 aromatic carbocycles. The van der Waals surface area contributed by atoms with Gasteiger partial charge in [0.05, 0.1) is 19.1 Å². The van der Waals surface area contributed by atoms with E-state index < -0.39 is 4.32 Å². The Morgan fingerprint density at radius 3 is 2.54 bits per heavy atom. The lowest BCUT2D eigenvalue weighted by Crippen LogP contribution is -2.44. The van der Waals surface area contributed by atoms with Crippen molar-refractivity contribution >= 4 is 32.6 Å². The summed E-state index contributed by atoms with van der Waals surface area (Å²) in [6.45, 7) is 0. The molecule has 3 aromatic rings. The van der Waals surface area contributed by atoms with E-state index in [-0.39, 0.29) is 11.8 Å². The first-order valence-electron chi connectivity index (χ1n) is 8.11. The van der Waals surface area contributed by atoms with Gasteiger partial charge in [0.15, 0.2) is 4.32 Å². The zero-order valence-electron chi connectivity index (χ0n) is 14.0. The Bertz CT molecular complexity index is 1060. The predicted molar refractivity (Wildman–Crippen MR) is 104 cm³/mol. The number of alkyl halides is 1. The third kappa shape index (κ3) is 2.38. The van der Waals surface area contributed by atoms with E-state index >= 15 is 0 Å². The summed E-state index contributed by atoms with van der Waals surface area (Å²) >= 11 is 3.51. The fourth-order valence-corrected chi connectivity index (χ4v) is 4.06. The molecule has 2 atom stereocenters. The highest BCUT2D eigenvalue weighted by atomic mass is 79.9. The van der Waals surface area contributed by atoms with Crippen LogP contribution in [0.4, 0.5) is 0 Å². The van der Waals surface area contributed by atoms with Gasteiger partial charge in [-0.05, 0) is 34.5 Å². The molecular weight excluding hydrogens is 392 g/mol. The predicted octanol–water partition coefficient (Wildman–Crippen LogP) is 5.01. The molecule has 128 valence electrons.